The second kappa shape index (κ2) is 7.15. The van der Waals surface area contributed by atoms with Gasteiger partial charge in [0.25, 0.3) is 0 Å². The van der Waals surface area contributed by atoms with Gasteiger partial charge in [-0.2, -0.15) is 5.10 Å². The molecule has 0 bridgehead atoms. The van der Waals surface area contributed by atoms with Gasteiger partial charge in [-0.3, -0.25) is 4.79 Å². The molecule has 0 aliphatic rings. The number of nitrogens with zero attached hydrogens (tertiary/aromatic N) is 2. The van der Waals surface area contributed by atoms with E-state index in [2.05, 4.69) is 10.4 Å². The molecule has 2 aromatic rings. The van der Waals surface area contributed by atoms with Crippen LogP contribution in [-0.2, 0) is 4.79 Å². The highest BCUT2D eigenvalue weighted by molar-refractivity contribution is 8.00. The van der Waals surface area contributed by atoms with Crippen LogP contribution in [0.2, 0.25) is 5.02 Å². The average molecular weight is 342 g/mol. The smallest absolute Gasteiger partial charge is 0.238 e. The first kappa shape index (κ1) is 16.8. The SMILES string of the molecule is CC(Sc1ccc(F)c(Cl)c1)C(=O)Nc1ccnn1C(C)C. The fourth-order valence-corrected chi connectivity index (χ4v) is 3.01. The molecule has 22 heavy (non-hydrogen) atoms. The van der Waals surface area contributed by atoms with Gasteiger partial charge in [-0.25, -0.2) is 9.07 Å². The summed E-state index contributed by atoms with van der Waals surface area (Å²) < 4.78 is 14.9. The van der Waals surface area contributed by atoms with Crippen molar-refractivity contribution < 1.29 is 9.18 Å². The van der Waals surface area contributed by atoms with Gasteiger partial charge in [0.2, 0.25) is 5.91 Å². The number of benzene rings is 1. The molecule has 1 aromatic heterocycles. The third-order valence-electron chi connectivity index (χ3n) is 2.98. The number of carbonyl (C=O) groups is 1. The van der Waals surface area contributed by atoms with E-state index in [9.17, 15) is 9.18 Å². The van der Waals surface area contributed by atoms with E-state index in [0.717, 1.165) is 4.90 Å². The van der Waals surface area contributed by atoms with E-state index in [-0.39, 0.29) is 22.2 Å². The number of rotatable bonds is 5. The highest BCUT2D eigenvalue weighted by atomic mass is 35.5. The molecular formula is C15H17ClFN3OS. The normalized spacial score (nSPS) is 12.5. The van der Waals surface area contributed by atoms with Crippen LogP contribution >= 0.6 is 23.4 Å². The van der Waals surface area contributed by atoms with Crippen LogP contribution in [0.3, 0.4) is 0 Å². The van der Waals surface area contributed by atoms with Gasteiger partial charge < -0.3 is 5.32 Å². The molecule has 1 aromatic carbocycles. The first-order valence-electron chi connectivity index (χ1n) is 6.84. The Kier molecular flexibility index (Phi) is 5.47. The molecular weight excluding hydrogens is 325 g/mol. The second-order valence-electron chi connectivity index (χ2n) is 5.08. The van der Waals surface area contributed by atoms with Crippen molar-refractivity contribution in [3.8, 4) is 0 Å². The Morgan fingerprint density at radius 3 is 2.73 bits per heavy atom. The summed E-state index contributed by atoms with van der Waals surface area (Å²) in [7, 11) is 0. The predicted octanol–water partition coefficient (Wildman–Crippen LogP) is 4.38. The molecule has 0 radical (unpaired) electrons. The lowest BCUT2D eigenvalue weighted by Gasteiger charge is -2.15. The molecule has 0 aliphatic carbocycles. The second-order valence-corrected chi connectivity index (χ2v) is 6.90. The van der Waals surface area contributed by atoms with Crippen LogP contribution in [0.25, 0.3) is 0 Å². The Morgan fingerprint density at radius 2 is 2.09 bits per heavy atom. The van der Waals surface area contributed by atoms with E-state index in [4.69, 9.17) is 11.6 Å². The fourth-order valence-electron chi connectivity index (χ4n) is 1.86. The van der Waals surface area contributed by atoms with Crippen molar-refractivity contribution in [2.45, 2.75) is 37.0 Å². The maximum Gasteiger partial charge on any atom is 0.238 e. The number of aromatic nitrogens is 2. The van der Waals surface area contributed by atoms with Crippen molar-refractivity contribution in [3.05, 3.63) is 41.3 Å². The lowest BCUT2D eigenvalue weighted by molar-refractivity contribution is -0.115. The van der Waals surface area contributed by atoms with Crippen LogP contribution in [0.4, 0.5) is 10.2 Å². The van der Waals surface area contributed by atoms with Crippen LogP contribution < -0.4 is 5.32 Å². The Morgan fingerprint density at radius 1 is 1.36 bits per heavy atom. The molecule has 0 aliphatic heterocycles. The number of thioether (sulfide) groups is 1. The van der Waals surface area contributed by atoms with Gasteiger partial charge in [0.1, 0.15) is 11.6 Å². The van der Waals surface area contributed by atoms with Crippen molar-refractivity contribution >= 4 is 35.1 Å². The zero-order valence-corrected chi connectivity index (χ0v) is 14.1. The van der Waals surface area contributed by atoms with E-state index in [1.165, 1.54) is 23.9 Å². The highest BCUT2D eigenvalue weighted by Gasteiger charge is 2.17. The minimum atomic E-state index is -0.469. The fraction of sp³-hybridized carbons (Fsp3) is 0.333. The monoisotopic (exact) mass is 341 g/mol. The molecule has 0 fully saturated rings. The number of amides is 1. The summed E-state index contributed by atoms with van der Waals surface area (Å²) in [4.78, 5) is 13.0. The molecule has 7 heteroatoms. The van der Waals surface area contributed by atoms with Gasteiger partial charge in [-0.1, -0.05) is 11.6 Å². The number of hydrogen-bond donors (Lipinski definition) is 1. The standard InChI is InChI=1S/C15H17ClFN3OS/c1-9(2)20-14(6-7-18-20)19-15(21)10(3)22-11-4-5-13(17)12(16)8-11/h4-10H,1-3H3,(H,19,21). The third kappa shape index (κ3) is 4.01. The maximum atomic E-state index is 13.1. The zero-order chi connectivity index (χ0) is 16.3. The van der Waals surface area contributed by atoms with Crippen molar-refractivity contribution in [1.82, 2.24) is 9.78 Å². The topological polar surface area (TPSA) is 46.9 Å². The third-order valence-corrected chi connectivity index (χ3v) is 4.37. The van der Waals surface area contributed by atoms with E-state index in [1.807, 2.05) is 13.8 Å². The molecule has 0 saturated heterocycles. The summed E-state index contributed by atoms with van der Waals surface area (Å²) in [5.74, 6) is 0.0430. The highest BCUT2D eigenvalue weighted by Crippen LogP contribution is 2.28. The lowest BCUT2D eigenvalue weighted by atomic mass is 10.3. The summed E-state index contributed by atoms with van der Waals surface area (Å²) in [5.41, 5.74) is 0. The molecule has 1 N–H and O–H groups in total. The van der Waals surface area contributed by atoms with Crippen molar-refractivity contribution in [2.24, 2.45) is 0 Å². The molecule has 4 nitrogen and oxygen atoms in total. The quantitative estimate of drug-likeness (QED) is 0.821. The van der Waals surface area contributed by atoms with Crippen LogP contribution in [0.15, 0.2) is 35.4 Å². The number of nitrogens with one attached hydrogen (secondary N) is 1. The van der Waals surface area contributed by atoms with E-state index >= 15 is 0 Å². The first-order chi connectivity index (χ1) is 10.4. The van der Waals surface area contributed by atoms with Crippen molar-refractivity contribution in [1.29, 1.82) is 0 Å². The van der Waals surface area contributed by atoms with Crippen molar-refractivity contribution in [2.75, 3.05) is 5.32 Å². The van der Waals surface area contributed by atoms with Crippen LogP contribution in [0, 0.1) is 5.82 Å². The van der Waals surface area contributed by atoms with Crippen LogP contribution in [-0.4, -0.2) is 20.9 Å². The molecule has 1 heterocycles. The summed E-state index contributed by atoms with van der Waals surface area (Å²) >= 11 is 7.06. The van der Waals surface area contributed by atoms with Crippen LogP contribution in [0.5, 0.6) is 0 Å². The van der Waals surface area contributed by atoms with Crippen molar-refractivity contribution in [3.63, 3.8) is 0 Å². The largest absolute Gasteiger partial charge is 0.310 e. The summed E-state index contributed by atoms with van der Waals surface area (Å²) in [6, 6.07) is 6.33. The number of carbonyl (C=O) groups excluding carboxylic acids is 1. The zero-order valence-electron chi connectivity index (χ0n) is 12.5. The molecule has 1 unspecified atom stereocenters. The first-order valence-corrected chi connectivity index (χ1v) is 8.10. The van der Waals surface area contributed by atoms with Gasteiger partial charge in [-0.15, -0.1) is 11.8 Å². The predicted molar refractivity (Wildman–Crippen MR) is 88.0 cm³/mol. The van der Waals surface area contributed by atoms with Gasteiger partial charge >= 0.3 is 0 Å². The number of halogens is 2. The van der Waals surface area contributed by atoms with E-state index < -0.39 is 5.82 Å². The Labute approximate surface area is 138 Å². The van der Waals surface area contributed by atoms with Gasteiger partial charge in [0, 0.05) is 17.0 Å². The Bertz CT molecular complexity index is 675. The molecule has 118 valence electrons. The van der Waals surface area contributed by atoms with E-state index in [0.29, 0.717) is 5.82 Å². The molecule has 0 saturated carbocycles. The Hall–Kier alpha value is -1.53. The molecule has 2 rings (SSSR count). The summed E-state index contributed by atoms with van der Waals surface area (Å²) in [5, 5.41) is 6.72. The average Bonchev–Trinajstić information content (AvgIpc) is 2.91. The van der Waals surface area contributed by atoms with E-state index in [1.54, 1.807) is 29.9 Å². The van der Waals surface area contributed by atoms with Gasteiger partial charge in [0.05, 0.1) is 16.5 Å². The number of anilines is 1. The molecule has 1 atom stereocenters. The summed E-state index contributed by atoms with van der Waals surface area (Å²) in [6.07, 6.45) is 1.65. The van der Waals surface area contributed by atoms with Crippen LogP contribution in [0.1, 0.15) is 26.8 Å². The summed E-state index contributed by atoms with van der Waals surface area (Å²) in [6.45, 7) is 5.76. The molecule has 1 amide bonds. The minimum Gasteiger partial charge on any atom is -0.310 e. The maximum absolute atomic E-state index is 13.1. The van der Waals surface area contributed by atoms with Gasteiger partial charge in [-0.05, 0) is 39.0 Å². The number of hydrogen-bond acceptors (Lipinski definition) is 3. The minimum absolute atomic E-state index is 0.0514. The lowest BCUT2D eigenvalue weighted by Crippen LogP contribution is -2.24. The van der Waals surface area contributed by atoms with Gasteiger partial charge in [0.15, 0.2) is 0 Å². The molecule has 0 spiro atoms. The Balaban J connectivity index is 2.02.